The predicted octanol–water partition coefficient (Wildman–Crippen LogP) is 5.48. The van der Waals surface area contributed by atoms with Crippen molar-refractivity contribution in [2.75, 3.05) is 30.6 Å². The molecule has 3 aromatic rings. The Morgan fingerprint density at radius 3 is 2.31 bits per heavy atom. The maximum absolute atomic E-state index is 13.7. The number of halogens is 2. The molecule has 0 aliphatic carbocycles. The lowest BCUT2D eigenvalue weighted by atomic mass is 10.2. The third-order valence-corrected chi connectivity index (χ3v) is 5.66. The fraction of sp³-hybridized carbons (Fsp3) is 0.130. The standard InChI is InChI=1S/C23H20ClFN2O4S/c1-30-20-12-21(31-2)19(11-17(20)24)27-22(28)13-32-15-9-7-14(8-10-15)26-23(29)16-5-3-4-6-18(16)25/h3-12H,13H2,1-2H3,(H,26,29)(H,27,28). The Bertz CT molecular complexity index is 1130. The summed E-state index contributed by atoms with van der Waals surface area (Å²) in [5, 5.41) is 5.77. The zero-order valence-corrected chi connectivity index (χ0v) is 18.9. The maximum Gasteiger partial charge on any atom is 0.258 e. The van der Waals surface area contributed by atoms with Crippen LogP contribution in [0.2, 0.25) is 5.02 Å². The molecule has 6 nitrogen and oxygen atoms in total. The van der Waals surface area contributed by atoms with Gasteiger partial charge in [0.05, 0.1) is 36.2 Å². The molecule has 0 aliphatic rings. The maximum atomic E-state index is 13.7. The molecular weight excluding hydrogens is 455 g/mol. The number of carbonyl (C=O) groups excluding carboxylic acids is 2. The number of anilines is 2. The molecule has 9 heteroatoms. The number of hydrogen-bond acceptors (Lipinski definition) is 5. The van der Waals surface area contributed by atoms with Crippen molar-refractivity contribution in [3.05, 3.63) is 77.1 Å². The van der Waals surface area contributed by atoms with Crippen molar-refractivity contribution in [2.45, 2.75) is 4.90 Å². The van der Waals surface area contributed by atoms with Crippen molar-refractivity contribution in [3.63, 3.8) is 0 Å². The van der Waals surface area contributed by atoms with E-state index in [1.165, 1.54) is 44.2 Å². The molecular formula is C23H20ClFN2O4S. The van der Waals surface area contributed by atoms with E-state index in [0.29, 0.717) is 27.9 Å². The van der Waals surface area contributed by atoms with Gasteiger partial charge in [0.1, 0.15) is 17.3 Å². The van der Waals surface area contributed by atoms with E-state index < -0.39 is 11.7 Å². The van der Waals surface area contributed by atoms with Gasteiger partial charge in [-0.05, 0) is 42.5 Å². The van der Waals surface area contributed by atoms with E-state index in [1.807, 2.05) is 0 Å². The van der Waals surface area contributed by atoms with Gasteiger partial charge in [0.15, 0.2) is 0 Å². The Balaban J connectivity index is 1.56. The Morgan fingerprint density at radius 1 is 0.969 bits per heavy atom. The number of ether oxygens (including phenoxy) is 2. The monoisotopic (exact) mass is 474 g/mol. The molecule has 0 bridgehead atoms. The Hall–Kier alpha value is -3.23. The molecule has 0 saturated heterocycles. The van der Waals surface area contributed by atoms with Gasteiger partial charge >= 0.3 is 0 Å². The smallest absolute Gasteiger partial charge is 0.258 e. The summed E-state index contributed by atoms with van der Waals surface area (Å²) in [5.74, 6) is -0.342. The van der Waals surface area contributed by atoms with Crippen molar-refractivity contribution in [1.29, 1.82) is 0 Å². The third-order valence-electron chi connectivity index (χ3n) is 4.35. The van der Waals surface area contributed by atoms with Gasteiger partial charge in [0.2, 0.25) is 5.91 Å². The highest BCUT2D eigenvalue weighted by atomic mass is 35.5. The van der Waals surface area contributed by atoms with Gasteiger partial charge in [-0.25, -0.2) is 4.39 Å². The average Bonchev–Trinajstić information content (AvgIpc) is 2.79. The highest BCUT2D eigenvalue weighted by Crippen LogP contribution is 2.36. The van der Waals surface area contributed by atoms with Crippen LogP contribution in [0.4, 0.5) is 15.8 Å². The molecule has 3 rings (SSSR count). The van der Waals surface area contributed by atoms with E-state index in [9.17, 15) is 14.0 Å². The second-order valence-corrected chi connectivity index (χ2v) is 7.94. The van der Waals surface area contributed by atoms with Crippen LogP contribution < -0.4 is 20.1 Å². The lowest BCUT2D eigenvalue weighted by molar-refractivity contribution is -0.113. The summed E-state index contributed by atoms with van der Waals surface area (Å²) in [6.45, 7) is 0. The minimum Gasteiger partial charge on any atom is -0.495 e. The van der Waals surface area contributed by atoms with Crippen LogP contribution in [0.1, 0.15) is 10.4 Å². The van der Waals surface area contributed by atoms with Gasteiger partial charge in [-0.2, -0.15) is 0 Å². The van der Waals surface area contributed by atoms with E-state index >= 15 is 0 Å². The van der Waals surface area contributed by atoms with Gasteiger partial charge in [-0.15, -0.1) is 11.8 Å². The Morgan fingerprint density at radius 2 is 1.66 bits per heavy atom. The van der Waals surface area contributed by atoms with E-state index in [-0.39, 0.29) is 17.2 Å². The second-order valence-electron chi connectivity index (χ2n) is 6.48. The zero-order valence-electron chi connectivity index (χ0n) is 17.3. The topological polar surface area (TPSA) is 76.7 Å². The number of nitrogens with one attached hydrogen (secondary N) is 2. The van der Waals surface area contributed by atoms with Crippen LogP contribution in [0.3, 0.4) is 0 Å². The van der Waals surface area contributed by atoms with Crippen molar-refractivity contribution >= 4 is 46.6 Å². The highest BCUT2D eigenvalue weighted by molar-refractivity contribution is 8.00. The van der Waals surface area contributed by atoms with Crippen LogP contribution in [-0.4, -0.2) is 31.8 Å². The number of carbonyl (C=O) groups is 2. The number of rotatable bonds is 8. The molecule has 0 unspecified atom stereocenters. The lowest BCUT2D eigenvalue weighted by Crippen LogP contribution is -2.15. The number of methoxy groups -OCH3 is 2. The molecule has 166 valence electrons. The zero-order chi connectivity index (χ0) is 23.1. The van der Waals surface area contributed by atoms with Crippen molar-refractivity contribution in [3.8, 4) is 11.5 Å². The first kappa shape index (κ1) is 23.4. The molecule has 0 radical (unpaired) electrons. The highest BCUT2D eigenvalue weighted by Gasteiger charge is 2.13. The van der Waals surface area contributed by atoms with Crippen LogP contribution in [0.15, 0.2) is 65.6 Å². The summed E-state index contributed by atoms with van der Waals surface area (Å²) >= 11 is 7.44. The largest absolute Gasteiger partial charge is 0.495 e. The minimum atomic E-state index is -0.585. The van der Waals surface area contributed by atoms with Gasteiger partial charge in [-0.1, -0.05) is 23.7 Å². The molecule has 2 N–H and O–H groups in total. The van der Waals surface area contributed by atoms with Crippen LogP contribution in [-0.2, 0) is 4.79 Å². The third kappa shape index (κ3) is 5.93. The van der Waals surface area contributed by atoms with E-state index in [2.05, 4.69) is 10.6 Å². The molecule has 0 fully saturated rings. The van der Waals surface area contributed by atoms with Crippen molar-refractivity contribution < 1.29 is 23.5 Å². The summed E-state index contributed by atoms with van der Waals surface area (Å²) in [6.07, 6.45) is 0. The molecule has 3 aromatic carbocycles. The molecule has 0 aliphatic heterocycles. The number of thioether (sulfide) groups is 1. The molecule has 0 spiro atoms. The summed E-state index contributed by atoms with van der Waals surface area (Å²) in [6, 6.07) is 15.8. The fourth-order valence-electron chi connectivity index (χ4n) is 2.77. The molecule has 0 atom stereocenters. The summed E-state index contributed by atoms with van der Waals surface area (Å²) in [7, 11) is 2.98. The number of amides is 2. The summed E-state index contributed by atoms with van der Waals surface area (Å²) < 4.78 is 24.1. The molecule has 2 amide bonds. The van der Waals surface area contributed by atoms with Gasteiger partial charge in [0, 0.05) is 16.6 Å². The number of benzene rings is 3. The summed E-state index contributed by atoms with van der Waals surface area (Å²) in [4.78, 5) is 25.4. The molecule has 0 heterocycles. The predicted molar refractivity (Wildman–Crippen MR) is 125 cm³/mol. The van der Waals surface area contributed by atoms with Crippen molar-refractivity contribution in [1.82, 2.24) is 0 Å². The van der Waals surface area contributed by atoms with E-state index in [1.54, 1.807) is 42.5 Å². The van der Waals surface area contributed by atoms with Gasteiger partial charge < -0.3 is 20.1 Å². The first-order chi connectivity index (χ1) is 15.4. The lowest BCUT2D eigenvalue weighted by Gasteiger charge is -2.13. The van der Waals surface area contributed by atoms with E-state index in [0.717, 1.165) is 4.90 Å². The van der Waals surface area contributed by atoms with Gasteiger partial charge in [0.25, 0.3) is 5.91 Å². The molecule has 0 saturated carbocycles. The molecule has 0 aromatic heterocycles. The fourth-order valence-corrected chi connectivity index (χ4v) is 3.71. The Kier molecular flexibility index (Phi) is 7.97. The Labute approximate surface area is 194 Å². The van der Waals surface area contributed by atoms with Gasteiger partial charge in [-0.3, -0.25) is 9.59 Å². The molecule has 32 heavy (non-hydrogen) atoms. The van der Waals surface area contributed by atoms with Crippen LogP contribution in [0.25, 0.3) is 0 Å². The van der Waals surface area contributed by atoms with Crippen LogP contribution in [0.5, 0.6) is 11.5 Å². The van der Waals surface area contributed by atoms with Crippen LogP contribution in [0, 0.1) is 5.82 Å². The minimum absolute atomic E-state index is 0.0308. The first-order valence-electron chi connectivity index (χ1n) is 9.41. The second kappa shape index (κ2) is 10.9. The summed E-state index contributed by atoms with van der Waals surface area (Å²) in [5.41, 5.74) is 0.927. The van der Waals surface area contributed by atoms with E-state index in [4.69, 9.17) is 21.1 Å². The van der Waals surface area contributed by atoms with Crippen LogP contribution >= 0.6 is 23.4 Å². The average molecular weight is 475 g/mol. The SMILES string of the molecule is COc1cc(OC)c(NC(=O)CSc2ccc(NC(=O)c3ccccc3F)cc2)cc1Cl. The van der Waals surface area contributed by atoms with Crippen molar-refractivity contribution in [2.24, 2.45) is 0 Å². The number of hydrogen-bond donors (Lipinski definition) is 2. The normalized spacial score (nSPS) is 10.4. The first-order valence-corrected chi connectivity index (χ1v) is 10.8. The quantitative estimate of drug-likeness (QED) is 0.423.